The van der Waals surface area contributed by atoms with Gasteiger partial charge in [0.05, 0.1) is 19.2 Å². The highest BCUT2D eigenvalue weighted by Gasteiger charge is 2.29. The van der Waals surface area contributed by atoms with Crippen LogP contribution in [0.5, 0.6) is 0 Å². The highest BCUT2D eigenvalue weighted by molar-refractivity contribution is 6.30. The molecule has 0 saturated carbocycles. The summed E-state index contributed by atoms with van der Waals surface area (Å²) < 4.78 is 4.95. The van der Waals surface area contributed by atoms with Gasteiger partial charge in [-0.3, -0.25) is 4.79 Å². The molecule has 1 aromatic rings. The first-order chi connectivity index (χ1) is 9.72. The van der Waals surface area contributed by atoms with Crippen LogP contribution in [0.1, 0.15) is 24.4 Å². The fraction of sp³-hybridized carbons (Fsp3) is 0.533. The second kappa shape index (κ2) is 7.62. The summed E-state index contributed by atoms with van der Waals surface area (Å²) in [4.78, 5) is 14.2. The molecule has 2 rings (SSSR count). The average Bonchev–Trinajstić information content (AvgIpc) is 2.93. The number of amides is 1. The fourth-order valence-electron chi connectivity index (χ4n) is 2.57. The zero-order valence-corrected chi connectivity index (χ0v) is 12.5. The molecule has 0 bridgehead atoms. The number of hydrogen-bond acceptors (Lipinski definition) is 3. The summed E-state index contributed by atoms with van der Waals surface area (Å²) in [5.41, 5.74) is 1.16. The number of ether oxygens (including phenoxy) is 1. The summed E-state index contributed by atoms with van der Waals surface area (Å²) in [5, 5.41) is 3.83. The average molecular weight is 297 g/mol. The summed E-state index contributed by atoms with van der Waals surface area (Å²) in [6.45, 7) is 2.51. The SMILES string of the molecule is COCCNCC(=O)N1CCCC1c1ccc(Cl)cc1. The van der Waals surface area contributed by atoms with E-state index in [1.165, 1.54) is 0 Å². The second-order valence-corrected chi connectivity index (χ2v) is 5.40. The van der Waals surface area contributed by atoms with E-state index in [1.54, 1.807) is 7.11 Å². The Morgan fingerprint density at radius 2 is 2.20 bits per heavy atom. The zero-order valence-electron chi connectivity index (χ0n) is 11.8. The number of rotatable bonds is 6. The number of carbonyl (C=O) groups is 1. The fourth-order valence-corrected chi connectivity index (χ4v) is 2.69. The smallest absolute Gasteiger partial charge is 0.237 e. The zero-order chi connectivity index (χ0) is 14.4. The van der Waals surface area contributed by atoms with Crippen LogP contribution in [0.15, 0.2) is 24.3 Å². The minimum absolute atomic E-state index is 0.151. The Labute approximate surface area is 125 Å². The van der Waals surface area contributed by atoms with Crippen LogP contribution >= 0.6 is 11.6 Å². The molecular weight excluding hydrogens is 276 g/mol. The normalized spacial score (nSPS) is 18.5. The Balaban J connectivity index is 1.93. The molecule has 1 amide bonds. The van der Waals surface area contributed by atoms with E-state index in [2.05, 4.69) is 5.32 Å². The molecule has 1 aliphatic heterocycles. The van der Waals surface area contributed by atoms with Gasteiger partial charge in [0.25, 0.3) is 0 Å². The van der Waals surface area contributed by atoms with E-state index in [9.17, 15) is 4.79 Å². The van der Waals surface area contributed by atoms with Crippen molar-refractivity contribution in [1.82, 2.24) is 10.2 Å². The van der Waals surface area contributed by atoms with Crippen molar-refractivity contribution < 1.29 is 9.53 Å². The standard InChI is InChI=1S/C15H21ClN2O2/c1-20-10-8-17-11-15(19)18-9-2-3-14(18)12-4-6-13(16)7-5-12/h4-7,14,17H,2-3,8-11H2,1H3. The van der Waals surface area contributed by atoms with E-state index in [0.717, 1.165) is 30.0 Å². The van der Waals surface area contributed by atoms with Crippen molar-refractivity contribution in [1.29, 1.82) is 0 Å². The van der Waals surface area contributed by atoms with Crippen molar-refractivity contribution in [3.63, 3.8) is 0 Å². The summed E-state index contributed by atoms with van der Waals surface area (Å²) in [7, 11) is 1.65. The van der Waals surface area contributed by atoms with Gasteiger partial charge in [0.1, 0.15) is 0 Å². The number of carbonyl (C=O) groups excluding carboxylic acids is 1. The van der Waals surface area contributed by atoms with Gasteiger partial charge < -0.3 is 15.0 Å². The maximum absolute atomic E-state index is 12.3. The highest BCUT2D eigenvalue weighted by atomic mass is 35.5. The van der Waals surface area contributed by atoms with Crippen LogP contribution in [0.3, 0.4) is 0 Å². The molecule has 1 aromatic carbocycles. The molecule has 1 fully saturated rings. The quantitative estimate of drug-likeness (QED) is 0.819. The third-order valence-electron chi connectivity index (χ3n) is 3.59. The Morgan fingerprint density at radius 1 is 1.45 bits per heavy atom. The number of nitrogens with zero attached hydrogens (tertiary/aromatic N) is 1. The summed E-state index contributed by atoms with van der Waals surface area (Å²) in [6, 6.07) is 7.97. The molecule has 0 radical (unpaired) electrons. The van der Waals surface area contributed by atoms with Crippen molar-refractivity contribution >= 4 is 17.5 Å². The lowest BCUT2D eigenvalue weighted by Crippen LogP contribution is -2.38. The molecule has 4 nitrogen and oxygen atoms in total. The third-order valence-corrected chi connectivity index (χ3v) is 3.84. The lowest BCUT2D eigenvalue weighted by Gasteiger charge is -2.25. The van der Waals surface area contributed by atoms with Crippen molar-refractivity contribution in [2.24, 2.45) is 0 Å². The molecule has 1 N–H and O–H groups in total. The predicted octanol–water partition coefficient (Wildman–Crippen LogP) is 2.24. The summed E-state index contributed by atoms with van der Waals surface area (Å²) >= 11 is 5.91. The molecule has 0 aromatic heterocycles. The van der Waals surface area contributed by atoms with Crippen LogP contribution in [0, 0.1) is 0 Å². The number of methoxy groups -OCH3 is 1. The molecule has 0 spiro atoms. The monoisotopic (exact) mass is 296 g/mol. The van der Waals surface area contributed by atoms with Gasteiger partial charge >= 0.3 is 0 Å². The third kappa shape index (κ3) is 3.95. The number of halogens is 1. The van der Waals surface area contributed by atoms with Gasteiger partial charge in [-0.1, -0.05) is 23.7 Å². The first-order valence-corrected chi connectivity index (χ1v) is 7.34. The van der Waals surface area contributed by atoms with E-state index in [0.29, 0.717) is 19.7 Å². The molecule has 1 atom stereocenters. The lowest BCUT2D eigenvalue weighted by atomic mass is 10.0. The molecule has 0 aliphatic carbocycles. The Bertz CT molecular complexity index is 436. The second-order valence-electron chi connectivity index (χ2n) is 4.97. The predicted molar refractivity (Wildman–Crippen MR) is 79.9 cm³/mol. The van der Waals surface area contributed by atoms with Crippen molar-refractivity contribution in [3.8, 4) is 0 Å². The molecule has 1 heterocycles. The van der Waals surface area contributed by atoms with Gasteiger partial charge in [0, 0.05) is 25.2 Å². The maximum Gasteiger partial charge on any atom is 0.237 e. The van der Waals surface area contributed by atoms with Gasteiger partial charge in [0.2, 0.25) is 5.91 Å². The van der Waals surface area contributed by atoms with Gasteiger partial charge in [-0.25, -0.2) is 0 Å². The van der Waals surface area contributed by atoms with Crippen LogP contribution in [0.2, 0.25) is 5.02 Å². The molecule has 1 unspecified atom stereocenters. The van der Waals surface area contributed by atoms with Crippen molar-refractivity contribution in [2.45, 2.75) is 18.9 Å². The van der Waals surface area contributed by atoms with Gasteiger partial charge in [-0.15, -0.1) is 0 Å². The van der Waals surface area contributed by atoms with E-state index in [4.69, 9.17) is 16.3 Å². The maximum atomic E-state index is 12.3. The number of benzene rings is 1. The molecular formula is C15H21ClN2O2. The Kier molecular flexibility index (Phi) is 5.83. The van der Waals surface area contributed by atoms with E-state index in [-0.39, 0.29) is 11.9 Å². The van der Waals surface area contributed by atoms with Crippen LogP contribution in [-0.2, 0) is 9.53 Å². The minimum atomic E-state index is 0.151. The first-order valence-electron chi connectivity index (χ1n) is 6.97. The Hall–Kier alpha value is -1.10. The first kappa shape index (κ1) is 15.3. The molecule has 5 heteroatoms. The van der Waals surface area contributed by atoms with Gasteiger partial charge in [-0.2, -0.15) is 0 Å². The van der Waals surface area contributed by atoms with E-state index < -0.39 is 0 Å². The lowest BCUT2D eigenvalue weighted by molar-refractivity contribution is -0.131. The molecule has 20 heavy (non-hydrogen) atoms. The molecule has 110 valence electrons. The van der Waals surface area contributed by atoms with Gasteiger partial charge in [-0.05, 0) is 30.5 Å². The van der Waals surface area contributed by atoms with E-state index in [1.807, 2.05) is 29.2 Å². The minimum Gasteiger partial charge on any atom is -0.383 e. The summed E-state index contributed by atoms with van der Waals surface area (Å²) in [6.07, 6.45) is 2.07. The van der Waals surface area contributed by atoms with Crippen LogP contribution in [0.4, 0.5) is 0 Å². The summed E-state index contributed by atoms with van der Waals surface area (Å²) in [5.74, 6) is 0.151. The highest BCUT2D eigenvalue weighted by Crippen LogP contribution is 2.32. The van der Waals surface area contributed by atoms with Gasteiger partial charge in [0.15, 0.2) is 0 Å². The largest absolute Gasteiger partial charge is 0.383 e. The van der Waals surface area contributed by atoms with Crippen molar-refractivity contribution in [2.75, 3.05) is 33.4 Å². The van der Waals surface area contributed by atoms with Crippen LogP contribution < -0.4 is 5.32 Å². The number of hydrogen-bond donors (Lipinski definition) is 1. The van der Waals surface area contributed by atoms with Crippen LogP contribution in [-0.4, -0.2) is 44.2 Å². The molecule has 1 saturated heterocycles. The topological polar surface area (TPSA) is 41.6 Å². The van der Waals surface area contributed by atoms with Crippen molar-refractivity contribution in [3.05, 3.63) is 34.9 Å². The van der Waals surface area contributed by atoms with E-state index >= 15 is 0 Å². The molecule has 1 aliphatic rings. The van der Waals surface area contributed by atoms with Crippen LogP contribution in [0.25, 0.3) is 0 Å². The Morgan fingerprint density at radius 3 is 2.90 bits per heavy atom. The number of nitrogens with one attached hydrogen (secondary N) is 1. The number of likely N-dealkylation sites (tertiary alicyclic amines) is 1.